The lowest BCUT2D eigenvalue weighted by molar-refractivity contribution is -0.310. The van der Waals surface area contributed by atoms with E-state index in [1.165, 1.54) is 6.92 Å². The van der Waals surface area contributed by atoms with E-state index in [2.05, 4.69) is 21.2 Å². The monoisotopic (exact) mass is 482 g/mol. The van der Waals surface area contributed by atoms with Crippen molar-refractivity contribution >= 4 is 35.4 Å². The summed E-state index contributed by atoms with van der Waals surface area (Å²) in [5, 5.41) is 13.8. The first-order chi connectivity index (χ1) is 13.7. The molecule has 0 heterocycles. The van der Waals surface area contributed by atoms with Crippen LogP contribution in [-0.2, 0) is 27.1 Å². The van der Waals surface area contributed by atoms with Crippen molar-refractivity contribution in [1.29, 1.82) is 0 Å². The summed E-state index contributed by atoms with van der Waals surface area (Å²) in [5.74, 6) is -3.75. The lowest BCUT2D eigenvalue weighted by atomic mass is 10.0. The highest BCUT2D eigenvalue weighted by Crippen LogP contribution is 2.47. The number of hydrogen-bond acceptors (Lipinski definition) is 5. The zero-order valence-corrected chi connectivity index (χ0v) is 18.3. The highest BCUT2D eigenvalue weighted by Gasteiger charge is 2.32. The average Bonchev–Trinajstić information content (AvgIpc) is 2.68. The van der Waals surface area contributed by atoms with E-state index in [4.69, 9.17) is 4.74 Å². The van der Waals surface area contributed by atoms with E-state index in [9.17, 15) is 24.2 Å². The van der Waals surface area contributed by atoms with Crippen LogP contribution in [0.1, 0.15) is 18.1 Å². The fraction of sp³-hybridized carbons (Fsp3) is 0.300. The number of hydrogen-bond donors (Lipinski definition) is 2. The van der Waals surface area contributed by atoms with Gasteiger partial charge in [-0.2, -0.15) is 0 Å². The third-order valence-electron chi connectivity index (χ3n) is 4.36. The highest BCUT2D eigenvalue weighted by molar-refractivity contribution is 9.10. The molecular weight excluding hydrogens is 461 g/mol. The maximum absolute atomic E-state index is 12.7. The zero-order valence-electron chi connectivity index (χ0n) is 15.8. The minimum Gasteiger partial charge on any atom is -0.550 e. The molecule has 2 N–H and O–H groups in total. The van der Waals surface area contributed by atoms with Crippen molar-refractivity contribution in [2.24, 2.45) is 5.92 Å². The molecule has 0 aliphatic rings. The summed E-state index contributed by atoms with van der Waals surface area (Å²) < 4.78 is 18.5. The summed E-state index contributed by atoms with van der Waals surface area (Å²) in [4.78, 5) is 33.8. The summed E-state index contributed by atoms with van der Waals surface area (Å²) in [6.07, 6.45) is -1.33. The molecule has 1 amide bonds. The van der Waals surface area contributed by atoms with Gasteiger partial charge in [-0.05, 0) is 36.6 Å². The van der Waals surface area contributed by atoms with Crippen LogP contribution in [0.5, 0.6) is 0 Å². The second kappa shape index (κ2) is 10.6. The van der Waals surface area contributed by atoms with Gasteiger partial charge in [0, 0.05) is 22.5 Å². The summed E-state index contributed by atoms with van der Waals surface area (Å²) in [5.41, 5.74) is 1.47. The van der Waals surface area contributed by atoms with Crippen LogP contribution in [0, 0.1) is 5.92 Å². The van der Waals surface area contributed by atoms with Crippen molar-refractivity contribution in [3.63, 3.8) is 0 Å². The van der Waals surface area contributed by atoms with Gasteiger partial charge in [0.15, 0.2) is 0 Å². The molecule has 156 valence electrons. The predicted molar refractivity (Wildman–Crippen MR) is 110 cm³/mol. The maximum Gasteiger partial charge on any atom is 0.408 e. The quantitative estimate of drug-likeness (QED) is 0.530. The summed E-state index contributed by atoms with van der Waals surface area (Å²) in [7, 11) is -4.03. The number of rotatable bonds is 9. The Hall–Kier alpha value is -2.15. The molecule has 0 saturated carbocycles. The Morgan fingerprint density at radius 2 is 1.76 bits per heavy atom. The number of carboxylic acids is 1. The molecule has 0 spiro atoms. The standard InChI is InChI=1S/C20H23BrNO6P/c1-14(22-20(25)28-12-16-5-3-2-4-6-16)29(26,27)13-17(19(23)24)11-15-7-9-18(21)10-8-15/h2-10,14,17H,11-13H2,1H3,(H,22,25)(H,23,24)(H,26,27)/p-1. The molecule has 9 heteroatoms. The van der Waals surface area contributed by atoms with E-state index in [1.54, 1.807) is 48.5 Å². The van der Waals surface area contributed by atoms with Gasteiger partial charge in [-0.1, -0.05) is 58.4 Å². The molecule has 0 saturated heterocycles. The average molecular weight is 483 g/mol. The van der Waals surface area contributed by atoms with Crippen LogP contribution in [0.15, 0.2) is 59.1 Å². The molecule has 0 aromatic heterocycles. The largest absolute Gasteiger partial charge is 0.550 e. The summed E-state index contributed by atoms with van der Waals surface area (Å²) >= 11 is 3.29. The molecule has 2 aromatic carbocycles. The molecule has 2 aromatic rings. The van der Waals surface area contributed by atoms with Gasteiger partial charge >= 0.3 is 6.09 Å². The van der Waals surface area contributed by atoms with Crippen molar-refractivity contribution in [3.8, 4) is 0 Å². The molecule has 0 fully saturated rings. The van der Waals surface area contributed by atoms with E-state index < -0.39 is 37.3 Å². The Morgan fingerprint density at radius 1 is 1.14 bits per heavy atom. The van der Waals surface area contributed by atoms with Crippen LogP contribution in [0.25, 0.3) is 0 Å². The fourth-order valence-electron chi connectivity index (χ4n) is 2.64. The minimum absolute atomic E-state index is 0.0142. The third-order valence-corrected chi connectivity index (χ3v) is 7.19. The van der Waals surface area contributed by atoms with Crippen LogP contribution in [-0.4, -0.2) is 28.9 Å². The van der Waals surface area contributed by atoms with Gasteiger partial charge in [0.1, 0.15) is 12.4 Å². The van der Waals surface area contributed by atoms with E-state index in [0.717, 1.165) is 10.0 Å². The Kier molecular flexibility index (Phi) is 8.44. The lowest BCUT2D eigenvalue weighted by Gasteiger charge is -2.25. The number of ether oxygens (including phenoxy) is 1. The predicted octanol–water partition coefficient (Wildman–Crippen LogP) is 2.90. The Morgan fingerprint density at radius 3 is 2.34 bits per heavy atom. The first-order valence-corrected chi connectivity index (χ1v) is 11.6. The van der Waals surface area contributed by atoms with Crippen LogP contribution in [0.2, 0.25) is 0 Å². The first-order valence-electron chi connectivity index (χ1n) is 8.91. The van der Waals surface area contributed by atoms with Gasteiger partial charge in [0.2, 0.25) is 7.37 Å². The highest BCUT2D eigenvalue weighted by atomic mass is 79.9. The van der Waals surface area contributed by atoms with Gasteiger partial charge in [-0.3, -0.25) is 4.57 Å². The van der Waals surface area contributed by atoms with E-state index in [0.29, 0.717) is 5.56 Å². The van der Waals surface area contributed by atoms with Crippen molar-refractivity contribution in [2.45, 2.75) is 25.7 Å². The topological polar surface area (TPSA) is 116 Å². The molecule has 0 bridgehead atoms. The SMILES string of the molecule is CC(NC(=O)OCc1ccccc1)P(=O)(O)CC(Cc1ccc(Br)cc1)C(=O)[O-]. The Labute approximate surface area is 177 Å². The summed E-state index contributed by atoms with van der Waals surface area (Å²) in [6, 6.07) is 15.9. The van der Waals surface area contributed by atoms with Crippen LogP contribution in [0.3, 0.4) is 0 Å². The number of carbonyl (C=O) groups excluding carboxylic acids is 2. The molecule has 29 heavy (non-hydrogen) atoms. The van der Waals surface area contributed by atoms with Crippen LogP contribution in [0.4, 0.5) is 4.79 Å². The number of carbonyl (C=O) groups is 2. The van der Waals surface area contributed by atoms with Crippen LogP contribution < -0.4 is 10.4 Å². The Balaban J connectivity index is 1.93. The first kappa shape index (κ1) is 23.1. The van der Waals surface area contributed by atoms with Crippen molar-refractivity contribution in [3.05, 3.63) is 70.2 Å². The van der Waals surface area contributed by atoms with Crippen LogP contribution >= 0.6 is 23.3 Å². The molecule has 2 rings (SSSR count). The number of amides is 1. The molecule has 0 aliphatic heterocycles. The van der Waals surface area contributed by atoms with Gasteiger partial charge in [-0.25, -0.2) is 4.79 Å². The summed E-state index contributed by atoms with van der Waals surface area (Å²) in [6.45, 7) is 1.36. The zero-order chi connectivity index (χ0) is 21.4. The molecular formula is C20H22BrNO6P-. The molecule has 3 atom stereocenters. The van der Waals surface area contributed by atoms with Gasteiger partial charge in [0.05, 0.1) is 0 Å². The Bertz CT molecular complexity index is 874. The number of carboxylic acid groups (broad SMARTS) is 1. The molecule has 0 radical (unpaired) electrons. The van der Waals surface area contributed by atoms with Gasteiger partial charge in [0.25, 0.3) is 0 Å². The second-order valence-electron chi connectivity index (χ2n) is 6.67. The third kappa shape index (κ3) is 7.65. The smallest absolute Gasteiger partial charge is 0.408 e. The lowest BCUT2D eigenvalue weighted by Crippen LogP contribution is -2.38. The molecule has 7 nitrogen and oxygen atoms in total. The second-order valence-corrected chi connectivity index (χ2v) is 10.2. The van der Waals surface area contributed by atoms with Crippen molar-refractivity contribution in [2.75, 3.05) is 6.16 Å². The van der Waals surface area contributed by atoms with Gasteiger partial charge < -0.3 is 24.8 Å². The fourth-order valence-corrected chi connectivity index (χ4v) is 4.43. The van der Waals surface area contributed by atoms with Crippen molar-refractivity contribution < 1.29 is 28.9 Å². The number of benzene rings is 2. The van der Waals surface area contributed by atoms with Crippen molar-refractivity contribution in [1.82, 2.24) is 5.32 Å². The van der Waals surface area contributed by atoms with Gasteiger partial charge in [-0.15, -0.1) is 0 Å². The number of aliphatic carboxylic acids is 1. The molecule has 0 aliphatic carbocycles. The van der Waals surface area contributed by atoms with E-state index in [1.807, 2.05) is 6.07 Å². The normalized spacial score (nSPS) is 15.0. The minimum atomic E-state index is -4.03. The van der Waals surface area contributed by atoms with E-state index >= 15 is 0 Å². The number of alkyl carbamates (subject to hydrolysis) is 1. The molecule has 3 unspecified atom stereocenters. The maximum atomic E-state index is 12.7. The number of nitrogens with one attached hydrogen (secondary N) is 1. The van der Waals surface area contributed by atoms with E-state index in [-0.39, 0.29) is 13.0 Å². The number of halogens is 1.